The zero-order valence-electron chi connectivity index (χ0n) is 20.1. The molecule has 0 spiro atoms. The first-order chi connectivity index (χ1) is 15.6. The van der Waals surface area contributed by atoms with Crippen molar-refractivity contribution in [1.82, 2.24) is 15.1 Å². The van der Waals surface area contributed by atoms with Crippen molar-refractivity contribution in [3.63, 3.8) is 0 Å². The number of nitrogens with one attached hydrogen (secondary N) is 2. The van der Waals surface area contributed by atoms with Gasteiger partial charge in [-0.25, -0.2) is 4.68 Å². The largest absolute Gasteiger partial charge is 0.379 e. The summed E-state index contributed by atoms with van der Waals surface area (Å²) >= 11 is 6.40. The van der Waals surface area contributed by atoms with Crippen LogP contribution >= 0.6 is 11.6 Å². The van der Waals surface area contributed by atoms with E-state index >= 15 is 0 Å². The lowest BCUT2D eigenvalue weighted by molar-refractivity contribution is -0.122. The molecule has 0 unspecified atom stereocenters. The molecule has 3 fully saturated rings. The summed E-state index contributed by atoms with van der Waals surface area (Å²) in [5.74, 6) is 1.59. The summed E-state index contributed by atoms with van der Waals surface area (Å²) in [6.45, 7) is 7.20. The smallest absolute Gasteiger partial charge is 0.288 e. The third-order valence-corrected chi connectivity index (χ3v) is 8.26. The molecule has 4 atom stereocenters. The van der Waals surface area contributed by atoms with E-state index in [1.807, 2.05) is 43.3 Å². The van der Waals surface area contributed by atoms with Crippen molar-refractivity contribution < 1.29 is 4.79 Å². The third kappa shape index (κ3) is 4.60. The number of benzene rings is 1. The molecule has 2 bridgehead atoms. The second-order valence-electron chi connectivity index (χ2n) is 10.4. The average molecular weight is 472 g/mol. The Morgan fingerprint density at radius 2 is 2.06 bits per heavy atom. The van der Waals surface area contributed by atoms with Crippen molar-refractivity contribution in [2.24, 2.45) is 23.2 Å². The molecule has 33 heavy (non-hydrogen) atoms. The fourth-order valence-electron chi connectivity index (χ4n) is 5.56. The van der Waals surface area contributed by atoms with E-state index in [0.29, 0.717) is 35.4 Å². The summed E-state index contributed by atoms with van der Waals surface area (Å²) < 4.78 is 1.12. The molecule has 3 aliphatic carbocycles. The lowest BCUT2D eigenvalue weighted by atomic mass is 9.45. The Hall–Kier alpha value is -2.54. The number of aromatic nitrogens is 2. The zero-order chi connectivity index (χ0) is 23.9. The van der Waals surface area contributed by atoms with Crippen molar-refractivity contribution in [2.45, 2.75) is 52.7 Å². The van der Waals surface area contributed by atoms with E-state index in [-0.39, 0.29) is 23.5 Å². The first-order valence-electron chi connectivity index (χ1n) is 11.6. The number of rotatable bonds is 7. The highest BCUT2D eigenvalue weighted by atomic mass is 35.5. The third-order valence-electron chi connectivity index (χ3n) is 7.89. The average Bonchev–Trinajstić information content (AvgIpc) is 2.78. The Labute approximate surface area is 200 Å². The zero-order valence-corrected chi connectivity index (χ0v) is 20.8. The minimum Gasteiger partial charge on any atom is -0.379 e. The highest BCUT2D eigenvalue weighted by Crippen LogP contribution is 2.61. The monoisotopic (exact) mass is 471 g/mol. The molecule has 3 saturated carbocycles. The maximum atomic E-state index is 12.8. The van der Waals surface area contributed by atoms with Gasteiger partial charge in [0.2, 0.25) is 5.91 Å². The summed E-state index contributed by atoms with van der Waals surface area (Å²) in [6, 6.07) is 8.19. The second kappa shape index (κ2) is 9.01. The van der Waals surface area contributed by atoms with E-state index in [0.717, 1.165) is 22.4 Å². The van der Waals surface area contributed by atoms with Gasteiger partial charge in [-0.3, -0.25) is 9.59 Å². The number of anilines is 2. The summed E-state index contributed by atoms with van der Waals surface area (Å²) in [7, 11) is 3.94. The molecular formula is C25H34ClN5O2. The van der Waals surface area contributed by atoms with Crippen LogP contribution in [0.5, 0.6) is 0 Å². The van der Waals surface area contributed by atoms with Crippen molar-refractivity contribution in [3.8, 4) is 0 Å². The number of hydrogen-bond donors (Lipinski definition) is 2. The Bertz CT molecular complexity index is 1100. The Morgan fingerprint density at radius 3 is 2.73 bits per heavy atom. The van der Waals surface area contributed by atoms with E-state index in [9.17, 15) is 9.59 Å². The van der Waals surface area contributed by atoms with Gasteiger partial charge >= 0.3 is 0 Å². The van der Waals surface area contributed by atoms with E-state index in [4.69, 9.17) is 11.6 Å². The van der Waals surface area contributed by atoms with Gasteiger partial charge in [0.1, 0.15) is 11.6 Å². The Balaban J connectivity index is 1.37. The Morgan fingerprint density at radius 1 is 1.30 bits per heavy atom. The first-order valence-corrected chi connectivity index (χ1v) is 12.0. The molecule has 1 amide bonds. The van der Waals surface area contributed by atoms with Crippen molar-refractivity contribution in [3.05, 3.63) is 51.4 Å². The molecule has 1 heterocycles. The van der Waals surface area contributed by atoms with Gasteiger partial charge in [-0.05, 0) is 53.7 Å². The summed E-state index contributed by atoms with van der Waals surface area (Å²) in [4.78, 5) is 27.2. The minimum atomic E-state index is -0.458. The lowest BCUT2D eigenvalue weighted by Crippen LogP contribution is -2.58. The quantitative estimate of drug-likeness (QED) is 0.642. The standard InChI is InChI=1S/C25H34ClN5O2/c1-15-19-10-17(25(19,2)3)11-20(15)29-21-13-28-31(24(33)23(21)26)14-22(32)27-12-16-7-6-8-18(9-16)30(4)5/h6-9,13,15,17,19-20,29H,10-12,14H2,1-5H3,(H,27,32)/t15-,17-,19+,20-/m1/s1. The van der Waals surface area contributed by atoms with Crippen molar-refractivity contribution in [1.29, 1.82) is 0 Å². The molecule has 5 rings (SSSR count). The number of fused-ring (bicyclic) bond motifs is 2. The summed E-state index contributed by atoms with van der Waals surface area (Å²) in [6.07, 6.45) is 3.92. The van der Waals surface area contributed by atoms with Crippen LogP contribution < -0.4 is 21.1 Å². The minimum absolute atomic E-state index is 0.0854. The van der Waals surface area contributed by atoms with E-state index in [1.165, 1.54) is 6.42 Å². The van der Waals surface area contributed by atoms with Crippen LogP contribution in [0.3, 0.4) is 0 Å². The summed E-state index contributed by atoms with van der Waals surface area (Å²) in [5, 5.41) is 10.6. The van der Waals surface area contributed by atoms with Gasteiger partial charge in [-0.2, -0.15) is 5.10 Å². The van der Waals surface area contributed by atoms with Gasteiger partial charge in [0, 0.05) is 32.4 Å². The number of carbonyl (C=O) groups excluding carboxylic acids is 1. The van der Waals surface area contributed by atoms with Gasteiger partial charge in [-0.15, -0.1) is 0 Å². The molecule has 3 aliphatic rings. The highest BCUT2D eigenvalue weighted by molar-refractivity contribution is 6.32. The number of carbonyl (C=O) groups is 1. The van der Waals surface area contributed by atoms with Gasteiger partial charge in [0.05, 0.1) is 11.9 Å². The predicted octanol–water partition coefficient (Wildman–Crippen LogP) is 3.76. The van der Waals surface area contributed by atoms with E-state index in [2.05, 4.69) is 36.5 Å². The fraction of sp³-hybridized carbons (Fsp3) is 0.560. The molecule has 0 radical (unpaired) electrons. The van der Waals surface area contributed by atoms with Crippen LogP contribution in [0.1, 0.15) is 39.2 Å². The van der Waals surface area contributed by atoms with Gasteiger partial charge in [0.25, 0.3) is 5.56 Å². The second-order valence-corrected chi connectivity index (χ2v) is 10.8. The topological polar surface area (TPSA) is 79.3 Å². The number of amides is 1. The molecule has 178 valence electrons. The van der Waals surface area contributed by atoms with Crippen LogP contribution in [0.15, 0.2) is 35.3 Å². The van der Waals surface area contributed by atoms with Gasteiger partial charge in [0.15, 0.2) is 0 Å². The van der Waals surface area contributed by atoms with Crippen LogP contribution in [0.2, 0.25) is 5.02 Å². The number of hydrogen-bond acceptors (Lipinski definition) is 5. The van der Waals surface area contributed by atoms with Gasteiger partial charge in [-0.1, -0.05) is 44.5 Å². The van der Waals surface area contributed by atoms with Crippen LogP contribution in [-0.2, 0) is 17.9 Å². The maximum absolute atomic E-state index is 12.8. The first kappa shape index (κ1) is 23.6. The van der Waals surface area contributed by atoms with Crippen molar-refractivity contribution >= 4 is 28.9 Å². The van der Waals surface area contributed by atoms with Crippen LogP contribution in [-0.4, -0.2) is 35.8 Å². The number of nitrogens with zero attached hydrogens (tertiary/aromatic N) is 3. The molecule has 0 aliphatic heterocycles. The van der Waals surface area contributed by atoms with Crippen LogP contribution in [0, 0.1) is 23.2 Å². The highest BCUT2D eigenvalue weighted by Gasteiger charge is 2.56. The number of halogens is 1. The molecule has 2 N–H and O–H groups in total. The SMILES string of the molecule is C[C@H]1[C@H](Nc2cnn(CC(=O)NCc3cccc(N(C)C)c3)c(=O)c2Cl)C[C@H]2C[C@@H]1C2(C)C. The molecule has 2 aromatic rings. The molecular weight excluding hydrogens is 438 g/mol. The lowest BCUT2D eigenvalue weighted by Gasteiger charge is -2.62. The maximum Gasteiger partial charge on any atom is 0.288 e. The molecule has 8 heteroatoms. The summed E-state index contributed by atoms with van der Waals surface area (Å²) in [5.41, 5.74) is 2.53. The molecule has 1 aromatic heterocycles. The fourth-order valence-corrected chi connectivity index (χ4v) is 5.76. The molecule has 0 saturated heterocycles. The van der Waals surface area contributed by atoms with Crippen LogP contribution in [0.4, 0.5) is 11.4 Å². The van der Waals surface area contributed by atoms with Crippen molar-refractivity contribution in [2.75, 3.05) is 24.3 Å². The van der Waals surface area contributed by atoms with Gasteiger partial charge < -0.3 is 15.5 Å². The van der Waals surface area contributed by atoms with E-state index < -0.39 is 5.56 Å². The van der Waals surface area contributed by atoms with Crippen LogP contribution in [0.25, 0.3) is 0 Å². The Kier molecular flexibility index (Phi) is 6.45. The predicted molar refractivity (Wildman–Crippen MR) is 133 cm³/mol. The molecule has 1 aromatic carbocycles. The normalized spacial score (nSPS) is 25.2. The van der Waals surface area contributed by atoms with E-state index in [1.54, 1.807) is 6.20 Å². The molecule has 7 nitrogen and oxygen atoms in total.